The number of aromatic nitrogens is 2. The molecule has 0 saturated carbocycles. The summed E-state index contributed by atoms with van der Waals surface area (Å²) in [6, 6.07) is 0. The van der Waals surface area contributed by atoms with Gasteiger partial charge in [0.25, 0.3) is 0 Å². The minimum absolute atomic E-state index is 0.0353. The first kappa shape index (κ1) is 18.6. The van der Waals surface area contributed by atoms with E-state index < -0.39 is 0 Å². The molecule has 0 atom stereocenters. The Labute approximate surface area is 143 Å². The second kappa shape index (κ2) is 8.27. The number of nitrogens with one attached hydrogen (secondary N) is 1. The highest BCUT2D eigenvalue weighted by Crippen LogP contribution is 2.29. The molecule has 1 aromatic heterocycles. The summed E-state index contributed by atoms with van der Waals surface area (Å²) in [5.41, 5.74) is 1.18. The number of hydrogen-bond donors (Lipinski definition) is 1. The first-order valence-electron chi connectivity index (χ1n) is 7.86. The van der Waals surface area contributed by atoms with Crippen LogP contribution in [0.3, 0.4) is 0 Å². The molecule has 1 heterocycles. The Morgan fingerprint density at radius 3 is 2.19 bits per heavy atom. The average molecular weight is 404 g/mol. The standard InChI is InChI=1S/C16H29IN4/c1-7-18-15-13(17)14(16(4,5)6)19-12(20-15)10-11-21(8-2)9-3/h7-11H2,1-6H3,(H,18,19,20). The predicted octanol–water partition coefficient (Wildman–Crippen LogP) is 3.69. The molecule has 1 rings (SSSR count). The number of nitrogens with zero attached hydrogens (tertiary/aromatic N) is 3. The van der Waals surface area contributed by atoms with E-state index in [1.165, 1.54) is 0 Å². The fourth-order valence-corrected chi connectivity index (χ4v) is 3.43. The monoisotopic (exact) mass is 404 g/mol. The van der Waals surface area contributed by atoms with Gasteiger partial charge in [-0.25, -0.2) is 9.97 Å². The lowest BCUT2D eigenvalue weighted by Crippen LogP contribution is -2.27. The first-order valence-corrected chi connectivity index (χ1v) is 8.94. The first-order chi connectivity index (χ1) is 9.83. The van der Waals surface area contributed by atoms with E-state index in [1.807, 2.05) is 0 Å². The SMILES string of the molecule is CCNc1nc(CCN(CC)CC)nc(C(C)(C)C)c1I. The van der Waals surface area contributed by atoms with Crippen molar-refractivity contribution in [1.82, 2.24) is 14.9 Å². The second-order valence-electron chi connectivity index (χ2n) is 6.21. The zero-order chi connectivity index (χ0) is 16.0. The van der Waals surface area contributed by atoms with Gasteiger partial charge in [0.1, 0.15) is 11.6 Å². The molecule has 0 unspecified atom stereocenters. The molecule has 0 saturated heterocycles. The third kappa shape index (κ3) is 5.36. The van der Waals surface area contributed by atoms with Gasteiger partial charge in [-0.15, -0.1) is 0 Å². The number of halogens is 1. The molecule has 0 amide bonds. The van der Waals surface area contributed by atoms with E-state index in [2.05, 4.69) is 74.3 Å². The lowest BCUT2D eigenvalue weighted by molar-refractivity contribution is 0.305. The van der Waals surface area contributed by atoms with Crippen molar-refractivity contribution in [3.63, 3.8) is 0 Å². The molecule has 5 heteroatoms. The van der Waals surface area contributed by atoms with Gasteiger partial charge >= 0.3 is 0 Å². The van der Waals surface area contributed by atoms with Gasteiger partial charge in [0.05, 0.1) is 9.26 Å². The van der Waals surface area contributed by atoms with E-state index in [4.69, 9.17) is 9.97 Å². The van der Waals surface area contributed by atoms with Crippen LogP contribution in [0, 0.1) is 3.57 Å². The minimum atomic E-state index is 0.0353. The predicted molar refractivity (Wildman–Crippen MR) is 99.1 cm³/mol. The fraction of sp³-hybridized carbons (Fsp3) is 0.750. The van der Waals surface area contributed by atoms with Crippen LogP contribution in [0.4, 0.5) is 5.82 Å². The molecule has 0 aromatic carbocycles. The highest BCUT2D eigenvalue weighted by Gasteiger charge is 2.23. The second-order valence-corrected chi connectivity index (χ2v) is 7.29. The van der Waals surface area contributed by atoms with E-state index in [9.17, 15) is 0 Å². The molecule has 120 valence electrons. The van der Waals surface area contributed by atoms with Crippen LogP contribution in [0.1, 0.15) is 53.1 Å². The van der Waals surface area contributed by atoms with Crippen molar-refractivity contribution in [2.75, 3.05) is 31.5 Å². The molecule has 1 aromatic rings. The van der Waals surface area contributed by atoms with Crippen molar-refractivity contribution in [2.45, 2.75) is 53.4 Å². The molecule has 4 nitrogen and oxygen atoms in total. The summed E-state index contributed by atoms with van der Waals surface area (Å²) in [6.07, 6.45) is 0.903. The quantitative estimate of drug-likeness (QED) is 0.704. The summed E-state index contributed by atoms with van der Waals surface area (Å²) >= 11 is 2.36. The summed E-state index contributed by atoms with van der Waals surface area (Å²) in [5, 5.41) is 3.37. The Balaban J connectivity index is 3.06. The lowest BCUT2D eigenvalue weighted by atomic mass is 9.92. The molecule has 0 radical (unpaired) electrons. The Hall–Kier alpha value is -0.430. The highest BCUT2D eigenvalue weighted by molar-refractivity contribution is 14.1. The largest absolute Gasteiger partial charge is 0.369 e. The molecule has 0 bridgehead atoms. The Kier molecular flexibility index (Phi) is 7.33. The summed E-state index contributed by atoms with van der Waals surface area (Å²) in [6.45, 7) is 17.2. The molecule has 1 N–H and O–H groups in total. The van der Waals surface area contributed by atoms with Crippen LogP contribution in [0.5, 0.6) is 0 Å². The van der Waals surface area contributed by atoms with Crippen molar-refractivity contribution in [2.24, 2.45) is 0 Å². The highest BCUT2D eigenvalue weighted by atomic mass is 127. The van der Waals surface area contributed by atoms with E-state index in [-0.39, 0.29) is 5.41 Å². The number of hydrogen-bond acceptors (Lipinski definition) is 4. The third-order valence-electron chi connectivity index (χ3n) is 3.50. The van der Waals surface area contributed by atoms with Crippen molar-refractivity contribution in [3.8, 4) is 0 Å². The topological polar surface area (TPSA) is 41.1 Å². The fourth-order valence-electron chi connectivity index (χ4n) is 2.18. The maximum absolute atomic E-state index is 4.84. The summed E-state index contributed by atoms with van der Waals surface area (Å²) in [4.78, 5) is 12.0. The van der Waals surface area contributed by atoms with Gasteiger partial charge in [-0.2, -0.15) is 0 Å². The maximum Gasteiger partial charge on any atom is 0.143 e. The molecular formula is C16H29IN4. The van der Waals surface area contributed by atoms with Gasteiger partial charge in [-0.05, 0) is 42.6 Å². The molecule has 0 aliphatic rings. The zero-order valence-electron chi connectivity index (χ0n) is 14.3. The van der Waals surface area contributed by atoms with Crippen LogP contribution in [-0.4, -0.2) is 41.0 Å². The molecule has 0 aliphatic carbocycles. The summed E-state index contributed by atoms with van der Waals surface area (Å²) < 4.78 is 1.15. The Morgan fingerprint density at radius 2 is 1.71 bits per heavy atom. The maximum atomic E-state index is 4.84. The van der Waals surface area contributed by atoms with Gasteiger partial charge in [-0.3, -0.25) is 0 Å². The molecule has 0 aliphatic heterocycles. The number of anilines is 1. The lowest BCUT2D eigenvalue weighted by Gasteiger charge is -2.23. The van der Waals surface area contributed by atoms with Gasteiger partial charge < -0.3 is 10.2 Å². The van der Waals surface area contributed by atoms with Gasteiger partial charge in [0.15, 0.2) is 0 Å². The van der Waals surface area contributed by atoms with E-state index in [0.29, 0.717) is 0 Å². The molecular weight excluding hydrogens is 375 g/mol. The number of likely N-dealkylation sites (N-methyl/N-ethyl adjacent to an activating group) is 1. The minimum Gasteiger partial charge on any atom is -0.369 e. The summed E-state index contributed by atoms with van der Waals surface area (Å²) in [7, 11) is 0. The van der Waals surface area contributed by atoms with Gasteiger partial charge in [-0.1, -0.05) is 34.6 Å². The van der Waals surface area contributed by atoms with E-state index >= 15 is 0 Å². The molecule has 0 spiro atoms. The molecule has 0 fully saturated rings. The van der Waals surface area contributed by atoms with Gasteiger partial charge in [0.2, 0.25) is 0 Å². The van der Waals surface area contributed by atoms with Crippen LogP contribution >= 0.6 is 22.6 Å². The van der Waals surface area contributed by atoms with E-state index in [1.54, 1.807) is 0 Å². The number of rotatable bonds is 7. The van der Waals surface area contributed by atoms with Crippen molar-refractivity contribution >= 4 is 28.4 Å². The van der Waals surface area contributed by atoms with E-state index in [0.717, 1.165) is 53.5 Å². The Morgan fingerprint density at radius 1 is 1.10 bits per heavy atom. The smallest absolute Gasteiger partial charge is 0.143 e. The van der Waals surface area contributed by atoms with Crippen LogP contribution in [0.25, 0.3) is 0 Å². The van der Waals surface area contributed by atoms with Crippen molar-refractivity contribution < 1.29 is 0 Å². The van der Waals surface area contributed by atoms with Crippen LogP contribution in [0.2, 0.25) is 0 Å². The van der Waals surface area contributed by atoms with Crippen LogP contribution in [-0.2, 0) is 11.8 Å². The van der Waals surface area contributed by atoms with Gasteiger partial charge in [0, 0.05) is 24.9 Å². The average Bonchev–Trinajstić information content (AvgIpc) is 2.42. The Bertz CT molecular complexity index is 450. The third-order valence-corrected chi connectivity index (χ3v) is 4.52. The van der Waals surface area contributed by atoms with Crippen LogP contribution < -0.4 is 5.32 Å². The van der Waals surface area contributed by atoms with Crippen molar-refractivity contribution in [3.05, 3.63) is 15.1 Å². The van der Waals surface area contributed by atoms with Crippen LogP contribution in [0.15, 0.2) is 0 Å². The molecule has 21 heavy (non-hydrogen) atoms. The van der Waals surface area contributed by atoms with Crippen molar-refractivity contribution in [1.29, 1.82) is 0 Å². The normalized spacial score (nSPS) is 12.0. The zero-order valence-corrected chi connectivity index (χ0v) is 16.4. The summed E-state index contributed by atoms with van der Waals surface area (Å²) in [5.74, 6) is 1.93.